The van der Waals surface area contributed by atoms with Crippen LogP contribution in [0.4, 0.5) is 8.78 Å². The zero-order valence-electron chi connectivity index (χ0n) is 5.49. The lowest BCUT2D eigenvalue weighted by molar-refractivity contribution is 0.150. The third-order valence-corrected chi connectivity index (χ3v) is 3.26. The third kappa shape index (κ3) is 2.05. The van der Waals surface area contributed by atoms with Crippen LogP contribution in [0.25, 0.3) is 0 Å². The van der Waals surface area contributed by atoms with Gasteiger partial charge < -0.3 is 0 Å². The predicted molar refractivity (Wildman–Crippen MR) is 54.6 cm³/mol. The molecular formula is C6H2BrClF2IN. The Morgan fingerprint density at radius 1 is 1.58 bits per heavy atom. The summed E-state index contributed by atoms with van der Waals surface area (Å²) in [4.78, 5) is 3.77. The Morgan fingerprint density at radius 2 is 2.17 bits per heavy atom. The molecule has 12 heavy (non-hydrogen) atoms. The fraction of sp³-hybridized carbons (Fsp3) is 0.167. The maximum Gasteiger partial charge on any atom is 0.266 e. The lowest BCUT2D eigenvalue weighted by atomic mass is 10.3. The van der Waals surface area contributed by atoms with E-state index in [1.165, 1.54) is 6.20 Å². The van der Waals surface area contributed by atoms with Crippen molar-refractivity contribution in [3.8, 4) is 0 Å². The zero-order valence-corrected chi connectivity index (χ0v) is 9.99. The first-order chi connectivity index (χ1) is 5.54. The van der Waals surface area contributed by atoms with E-state index in [1.54, 1.807) is 22.6 Å². The normalized spacial score (nSPS) is 10.8. The van der Waals surface area contributed by atoms with Crippen molar-refractivity contribution >= 4 is 50.1 Å². The fourth-order valence-electron chi connectivity index (χ4n) is 0.656. The number of nitrogens with zero attached hydrogens (tertiary/aromatic N) is 1. The SMILES string of the molecule is FC(F)c1c(I)cnc(Br)c1Cl. The Morgan fingerprint density at radius 3 is 2.58 bits per heavy atom. The highest BCUT2D eigenvalue weighted by Crippen LogP contribution is 2.34. The fourth-order valence-corrected chi connectivity index (χ4v) is 2.01. The van der Waals surface area contributed by atoms with Crippen molar-refractivity contribution in [1.82, 2.24) is 4.98 Å². The van der Waals surface area contributed by atoms with Gasteiger partial charge in [-0.15, -0.1) is 0 Å². The van der Waals surface area contributed by atoms with E-state index in [-0.39, 0.29) is 15.2 Å². The average Bonchev–Trinajstić information content (AvgIpc) is 1.97. The van der Waals surface area contributed by atoms with E-state index >= 15 is 0 Å². The van der Waals surface area contributed by atoms with Crippen molar-refractivity contribution in [2.45, 2.75) is 6.43 Å². The van der Waals surface area contributed by atoms with E-state index in [2.05, 4.69) is 20.9 Å². The Bertz CT molecular complexity index is 308. The van der Waals surface area contributed by atoms with Gasteiger partial charge in [0, 0.05) is 9.77 Å². The van der Waals surface area contributed by atoms with Crippen LogP contribution in [0.1, 0.15) is 12.0 Å². The molecular weight excluding hydrogens is 366 g/mol. The molecule has 0 radical (unpaired) electrons. The summed E-state index contributed by atoms with van der Waals surface area (Å²) >= 11 is 10.3. The summed E-state index contributed by atoms with van der Waals surface area (Å²) in [5.74, 6) is 0. The van der Waals surface area contributed by atoms with Crippen molar-refractivity contribution in [3.63, 3.8) is 0 Å². The highest BCUT2D eigenvalue weighted by molar-refractivity contribution is 14.1. The molecule has 0 N–H and O–H groups in total. The quantitative estimate of drug-likeness (QED) is 0.539. The van der Waals surface area contributed by atoms with E-state index < -0.39 is 6.43 Å². The largest absolute Gasteiger partial charge is 0.266 e. The second-order valence-electron chi connectivity index (χ2n) is 1.93. The monoisotopic (exact) mass is 367 g/mol. The second kappa shape index (κ2) is 4.15. The summed E-state index contributed by atoms with van der Waals surface area (Å²) in [7, 11) is 0. The molecule has 66 valence electrons. The van der Waals surface area contributed by atoms with Gasteiger partial charge in [0.05, 0.1) is 10.6 Å². The molecule has 0 saturated heterocycles. The molecule has 1 aromatic heterocycles. The van der Waals surface area contributed by atoms with Crippen LogP contribution in [0.5, 0.6) is 0 Å². The average molecular weight is 368 g/mol. The minimum atomic E-state index is -2.57. The maximum atomic E-state index is 12.3. The second-order valence-corrected chi connectivity index (χ2v) is 4.22. The molecule has 1 aromatic rings. The summed E-state index contributed by atoms with van der Waals surface area (Å²) < 4.78 is 25.3. The molecule has 0 aliphatic rings. The Kier molecular flexibility index (Phi) is 3.66. The van der Waals surface area contributed by atoms with Crippen LogP contribution in [-0.2, 0) is 0 Å². The van der Waals surface area contributed by atoms with E-state index in [0.29, 0.717) is 3.57 Å². The van der Waals surface area contributed by atoms with Crippen LogP contribution >= 0.6 is 50.1 Å². The number of hydrogen-bond acceptors (Lipinski definition) is 1. The highest BCUT2D eigenvalue weighted by Gasteiger charge is 2.18. The molecule has 0 fully saturated rings. The van der Waals surface area contributed by atoms with Crippen LogP contribution in [0.2, 0.25) is 5.02 Å². The molecule has 0 atom stereocenters. The molecule has 0 unspecified atom stereocenters. The van der Waals surface area contributed by atoms with Crippen LogP contribution < -0.4 is 0 Å². The van der Waals surface area contributed by atoms with Gasteiger partial charge in [-0.25, -0.2) is 13.8 Å². The minimum Gasteiger partial charge on any atom is -0.247 e. The van der Waals surface area contributed by atoms with Gasteiger partial charge in [0.25, 0.3) is 6.43 Å². The van der Waals surface area contributed by atoms with E-state index in [1.807, 2.05) is 0 Å². The summed E-state index contributed by atoms with van der Waals surface area (Å²) in [5.41, 5.74) is -0.167. The Hall–Kier alpha value is 0.510. The predicted octanol–water partition coefficient (Wildman–Crippen LogP) is 4.04. The smallest absolute Gasteiger partial charge is 0.247 e. The lowest BCUT2D eigenvalue weighted by Gasteiger charge is -2.05. The Labute approximate surface area is 94.8 Å². The summed E-state index contributed by atoms with van der Waals surface area (Å²) in [6, 6.07) is 0. The van der Waals surface area contributed by atoms with Gasteiger partial charge in [0.2, 0.25) is 0 Å². The number of pyridine rings is 1. The van der Waals surface area contributed by atoms with Crippen LogP contribution in [0.3, 0.4) is 0 Å². The minimum absolute atomic E-state index is 0.0168. The molecule has 0 aliphatic heterocycles. The standard InChI is InChI=1S/C6H2BrClF2IN/c7-5-4(8)3(6(9)10)2(11)1-12-5/h1,6H. The van der Waals surface area contributed by atoms with Crippen molar-refractivity contribution in [2.75, 3.05) is 0 Å². The molecule has 0 spiro atoms. The third-order valence-electron chi connectivity index (χ3n) is 1.18. The number of rotatable bonds is 1. The molecule has 0 bridgehead atoms. The first kappa shape index (κ1) is 10.6. The van der Waals surface area contributed by atoms with Crippen LogP contribution in [-0.4, -0.2) is 4.98 Å². The van der Waals surface area contributed by atoms with Crippen molar-refractivity contribution in [1.29, 1.82) is 0 Å². The highest BCUT2D eigenvalue weighted by atomic mass is 127. The molecule has 1 heterocycles. The number of halogens is 5. The van der Waals surface area contributed by atoms with Gasteiger partial charge in [-0.2, -0.15) is 0 Å². The summed E-state index contributed by atoms with van der Waals surface area (Å²) in [6.45, 7) is 0. The molecule has 0 aromatic carbocycles. The molecule has 0 amide bonds. The molecule has 6 heteroatoms. The topological polar surface area (TPSA) is 12.9 Å². The van der Waals surface area contributed by atoms with Gasteiger partial charge in [0.1, 0.15) is 4.60 Å². The van der Waals surface area contributed by atoms with Gasteiger partial charge in [-0.1, -0.05) is 11.6 Å². The van der Waals surface area contributed by atoms with Gasteiger partial charge in [0.15, 0.2) is 0 Å². The van der Waals surface area contributed by atoms with Crippen molar-refractivity contribution in [3.05, 3.63) is 25.0 Å². The number of alkyl halides is 2. The van der Waals surface area contributed by atoms with Gasteiger partial charge in [-0.05, 0) is 38.5 Å². The van der Waals surface area contributed by atoms with Crippen LogP contribution in [0.15, 0.2) is 10.8 Å². The maximum absolute atomic E-state index is 12.3. The van der Waals surface area contributed by atoms with Gasteiger partial charge in [-0.3, -0.25) is 0 Å². The molecule has 1 nitrogen and oxygen atoms in total. The molecule has 1 rings (SSSR count). The van der Waals surface area contributed by atoms with E-state index in [9.17, 15) is 8.78 Å². The summed E-state index contributed by atoms with van der Waals surface area (Å²) in [6.07, 6.45) is -1.22. The van der Waals surface area contributed by atoms with Gasteiger partial charge >= 0.3 is 0 Å². The first-order valence-electron chi connectivity index (χ1n) is 2.81. The lowest BCUT2D eigenvalue weighted by Crippen LogP contribution is -1.93. The van der Waals surface area contributed by atoms with Crippen LogP contribution in [0, 0.1) is 3.57 Å². The Balaban J connectivity index is 3.33. The van der Waals surface area contributed by atoms with Crippen molar-refractivity contribution in [2.24, 2.45) is 0 Å². The number of aromatic nitrogens is 1. The van der Waals surface area contributed by atoms with Crippen molar-refractivity contribution < 1.29 is 8.78 Å². The molecule has 0 saturated carbocycles. The summed E-state index contributed by atoms with van der Waals surface area (Å²) in [5, 5.41) is -0.0168. The van der Waals surface area contributed by atoms with E-state index in [0.717, 1.165) is 0 Å². The first-order valence-corrected chi connectivity index (χ1v) is 5.06. The number of hydrogen-bond donors (Lipinski definition) is 0. The van der Waals surface area contributed by atoms with E-state index in [4.69, 9.17) is 11.6 Å². The molecule has 0 aliphatic carbocycles. The zero-order chi connectivity index (χ0) is 9.30.